The molecule has 1 N–H and O–H groups in total. The number of benzene rings is 1. The van der Waals surface area contributed by atoms with Crippen LogP contribution in [0.3, 0.4) is 0 Å². The summed E-state index contributed by atoms with van der Waals surface area (Å²) in [6.45, 7) is 1.86. The van der Waals surface area contributed by atoms with Gasteiger partial charge in [0, 0.05) is 24.9 Å². The maximum absolute atomic E-state index is 12.9. The van der Waals surface area contributed by atoms with Gasteiger partial charge in [0.25, 0.3) is 5.22 Å². The number of fused-ring (bicyclic) bond motifs is 1. The third-order valence-electron chi connectivity index (χ3n) is 4.26. The molecule has 3 aromatic rings. The number of aromatic nitrogens is 3. The highest BCUT2D eigenvalue weighted by Gasteiger charge is 2.29. The molecule has 0 saturated heterocycles. The molecule has 2 amide bonds. The standard InChI is InChI=1S/C19H17N5O3S/c1-12-9-16(25)21-14-6-2-3-7-15(14)24(12)17(26)11-28-19-23-22-18(27-19)13-5-4-8-20-10-13/h2-8,10,12H,9,11H2,1H3,(H,21,25)/t12-/m0/s1. The zero-order valence-electron chi connectivity index (χ0n) is 15.0. The first kappa shape index (κ1) is 18.2. The lowest BCUT2D eigenvalue weighted by molar-refractivity contribution is -0.117. The highest BCUT2D eigenvalue weighted by molar-refractivity contribution is 7.99. The van der Waals surface area contributed by atoms with Crippen molar-refractivity contribution in [2.45, 2.75) is 24.6 Å². The van der Waals surface area contributed by atoms with Gasteiger partial charge in [-0.1, -0.05) is 23.9 Å². The molecule has 0 unspecified atom stereocenters. The zero-order valence-corrected chi connectivity index (χ0v) is 15.8. The van der Waals surface area contributed by atoms with Gasteiger partial charge in [0.1, 0.15) is 0 Å². The van der Waals surface area contributed by atoms with E-state index in [1.54, 1.807) is 29.4 Å². The van der Waals surface area contributed by atoms with Crippen molar-refractivity contribution in [1.29, 1.82) is 0 Å². The van der Waals surface area contributed by atoms with Gasteiger partial charge in [-0.15, -0.1) is 10.2 Å². The van der Waals surface area contributed by atoms with E-state index in [0.29, 0.717) is 28.1 Å². The number of para-hydroxylation sites is 2. The summed E-state index contributed by atoms with van der Waals surface area (Å²) in [5.41, 5.74) is 2.03. The van der Waals surface area contributed by atoms with Gasteiger partial charge in [-0.05, 0) is 31.2 Å². The Balaban J connectivity index is 1.49. The summed E-state index contributed by atoms with van der Waals surface area (Å²) >= 11 is 1.16. The van der Waals surface area contributed by atoms with Crippen molar-refractivity contribution in [2.24, 2.45) is 0 Å². The second-order valence-corrected chi connectivity index (χ2v) is 7.21. The topological polar surface area (TPSA) is 101 Å². The van der Waals surface area contributed by atoms with Crippen LogP contribution in [-0.4, -0.2) is 38.8 Å². The average molecular weight is 395 g/mol. The normalized spacial score (nSPS) is 16.2. The van der Waals surface area contributed by atoms with E-state index in [1.165, 1.54) is 0 Å². The molecular weight excluding hydrogens is 378 g/mol. The number of pyridine rings is 1. The molecule has 3 heterocycles. The third-order valence-corrected chi connectivity index (χ3v) is 5.07. The van der Waals surface area contributed by atoms with Crippen LogP contribution in [0.1, 0.15) is 13.3 Å². The van der Waals surface area contributed by atoms with E-state index < -0.39 is 0 Å². The van der Waals surface area contributed by atoms with E-state index in [4.69, 9.17) is 4.42 Å². The number of thioether (sulfide) groups is 1. The Bertz CT molecular complexity index is 1010. The lowest BCUT2D eigenvalue weighted by Gasteiger charge is -2.27. The molecular formula is C19H17N5O3S. The van der Waals surface area contributed by atoms with Crippen LogP contribution >= 0.6 is 11.8 Å². The van der Waals surface area contributed by atoms with Gasteiger partial charge in [0.05, 0.1) is 22.7 Å². The first-order valence-electron chi connectivity index (χ1n) is 8.69. The van der Waals surface area contributed by atoms with E-state index in [1.807, 2.05) is 31.2 Å². The van der Waals surface area contributed by atoms with Crippen LogP contribution in [0.4, 0.5) is 11.4 Å². The lowest BCUT2D eigenvalue weighted by Crippen LogP contribution is -2.40. The quantitative estimate of drug-likeness (QED) is 0.678. The summed E-state index contributed by atoms with van der Waals surface area (Å²) < 4.78 is 5.61. The van der Waals surface area contributed by atoms with Gasteiger partial charge in [-0.2, -0.15) is 0 Å². The lowest BCUT2D eigenvalue weighted by atomic mass is 10.2. The molecule has 0 saturated carbocycles. The van der Waals surface area contributed by atoms with Crippen molar-refractivity contribution >= 4 is 35.0 Å². The molecule has 1 atom stereocenters. The van der Waals surface area contributed by atoms with Gasteiger partial charge < -0.3 is 14.6 Å². The Morgan fingerprint density at radius 3 is 2.96 bits per heavy atom. The number of rotatable bonds is 4. The van der Waals surface area contributed by atoms with Crippen LogP contribution in [0.15, 0.2) is 58.4 Å². The minimum Gasteiger partial charge on any atom is -0.411 e. The summed E-state index contributed by atoms with van der Waals surface area (Å²) in [5, 5.41) is 11.1. The fraction of sp³-hybridized carbons (Fsp3) is 0.211. The summed E-state index contributed by atoms with van der Waals surface area (Å²) in [4.78, 5) is 30.7. The van der Waals surface area contributed by atoms with Gasteiger partial charge in [0.2, 0.25) is 17.7 Å². The number of nitrogens with zero attached hydrogens (tertiary/aromatic N) is 4. The highest BCUT2D eigenvalue weighted by atomic mass is 32.2. The van der Waals surface area contributed by atoms with Crippen LogP contribution in [0.25, 0.3) is 11.5 Å². The van der Waals surface area contributed by atoms with Crippen LogP contribution < -0.4 is 10.2 Å². The minimum absolute atomic E-state index is 0.110. The van der Waals surface area contributed by atoms with Gasteiger partial charge in [-0.3, -0.25) is 14.6 Å². The molecule has 0 fully saturated rings. The first-order chi connectivity index (χ1) is 13.6. The van der Waals surface area contributed by atoms with Crippen LogP contribution in [0, 0.1) is 0 Å². The molecule has 142 valence electrons. The maximum Gasteiger partial charge on any atom is 0.277 e. The fourth-order valence-electron chi connectivity index (χ4n) is 3.03. The molecule has 1 aliphatic rings. The van der Waals surface area contributed by atoms with E-state index >= 15 is 0 Å². The first-order valence-corrected chi connectivity index (χ1v) is 9.68. The van der Waals surface area contributed by atoms with Crippen LogP contribution in [0.2, 0.25) is 0 Å². The van der Waals surface area contributed by atoms with Crippen molar-refractivity contribution in [1.82, 2.24) is 15.2 Å². The number of hydrogen-bond acceptors (Lipinski definition) is 7. The molecule has 1 aromatic carbocycles. The second-order valence-electron chi connectivity index (χ2n) is 6.29. The smallest absolute Gasteiger partial charge is 0.277 e. The number of carbonyl (C=O) groups is 2. The molecule has 0 aliphatic carbocycles. The molecule has 1 aliphatic heterocycles. The third kappa shape index (κ3) is 3.74. The Morgan fingerprint density at radius 2 is 2.14 bits per heavy atom. The summed E-state index contributed by atoms with van der Waals surface area (Å²) in [6.07, 6.45) is 3.53. The second kappa shape index (κ2) is 7.81. The summed E-state index contributed by atoms with van der Waals surface area (Å²) in [7, 11) is 0. The van der Waals surface area contributed by atoms with Gasteiger partial charge in [-0.25, -0.2) is 0 Å². The number of hydrogen-bond donors (Lipinski definition) is 1. The van der Waals surface area contributed by atoms with Crippen molar-refractivity contribution in [3.63, 3.8) is 0 Å². The number of nitrogens with one attached hydrogen (secondary N) is 1. The largest absolute Gasteiger partial charge is 0.411 e. The zero-order chi connectivity index (χ0) is 19.5. The van der Waals surface area contributed by atoms with E-state index in [9.17, 15) is 9.59 Å². The Labute approximate surface area is 165 Å². The van der Waals surface area contributed by atoms with Gasteiger partial charge >= 0.3 is 0 Å². The number of anilines is 2. The monoisotopic (exact) mass is 395 g/mol. The Kier molecular flexibility index (Phi) is 5.07. The molecule has 0 radical (unpaired) electrons. The fourth-order valence-corrected chi connectivity index (χ4v) is 3.66. The molecule has 2 aromatic heterocycles. The van der Waals surface area contributed by atoms with Gasteiger partial charge in [0.15, 0.2) is 0 Å². The molecule has 9 heteroatoms. The van der Waals surface area contributed by atoms with Crippen molar-refractivity contribution < 1.29 is 14.0 Å². The minimum atomic E-state index is -0.259. The number of amides is 2. The molecule has 0 bridgehead atoms. The predicted octanol–water partition coefficient (Wildman–Crippen LogP) is 2.99. The Morgan fingerprint density at radius 1 is 1.29 bits per heavy atom. The maximum atomic E-state index is 12.9. The molecule has 4 rings (SSSR count). The average Bonchev–Trinajstić information content (AvgIpc) is 3.12. The van der Waals surface area contributed by atoms with E-state index in [-0.39, 0.29) is 30.0 Å². The van der Waals surface area contributed by atoms with Crippen molar-refractivity contribution in [3.8, 4) is 11.5 Å². The number of carbonyl (C=O) groups excluding carboxylic acids is 2. The van der Waals surface area contributed by atoms with Crippen LogP contribution in [0.5, 0.6) is 0 Å². The van der Waals surface area contributed by atoms with Crippen molar-refractivity contribution in [3.05, 3.63) is 48.8 Å². The predicted molar refractivity (Wildman–Crippen MR) is 105 cm³/mol. The van der Waals surface area contributed by atoms with E-state index in [2.05, 4.69) is 20.5 Å². The molecule has 0 spiro atoms. The summed E-state index contributed by atoms with van der Waals surface area (Å²) in [6, 6.07) is 10.6. The highest BCUT2D eigenvalue weighted by Crippen LogP contribution is 2.32. The SMILES string of the molecule is C[C@H]1CC(=O)Nc2ccccc2N1C(=O)CSc1nnc(-c2cccnc2)o1. The molecule has 28 heavy (non-hydrogen) atoms. The van der Waals surface area contributed by atoms with E-state index in [0.717, 1.165) is 11.8 Å². The van der Waals surface area contributed by atoms with Crippen molar-refractivity contribution in [2.75, 3.05) is 16.0 Å². The summed E-state index contributed by atoms with van der Waals surface area (Å²) in [5.74, 6) is 0.219. The van der Waals surface area contributed by atoms with Crippen LogP contribution in [-0.2, 0) is 9.59 Å². The Hall–Kier alpha value is -3.20. The molecule has 8 nitrogen and oxygen atoms in total.